The van der Waals surface area contributed by atoms with Crippen molar-refractivity contribution in [2.45, 2.75) is 12.7 Å². The normalized spacial score (nSPS) is 12.9. The first-order valence-electron chi connectivity index (χ1n) is 7.30. The number of hydrogen-bond donors (Lipinski definition) is 0. The number of carbonyl (C=O) groups is 1. The number of amides is 1. The molecule has 1 aromatic heterocycles. The highest BCUT2D eigenvalue weighted by Gasteiger charge is 2.33. The summed E-state index contributed by atoms with van der Waals surface area (Å²) in [6, 6.07) is 7.68. The van der Waals surface area contributed by atoms with Crippen LogP contribution >= 0.6 is 0 Å². The molecule has 0 bridgehead atoms. The standard InChI is InChI=1S/C16H14F3NO5/c17-16(18,19)9-20(7-12-2-1-5-22-12)15(21)8-23-11-3-4-13-14(6-11)25-10-24-13/h1-6H,7-10H2. The number of carbonyl (C=O) groups excluding carboxylic acids is 1. The first-order chi connectivity index (χ1) is 11.9. The van der Waals surface area contributed by atoms with Gasteiger partial charge in [-0.15, -0.1) is 0 Å². The number of benzene rings is 1. The summed E-state index contributed by atoms with van der Waals surface area (Å²) in [4.78, 5) is 12.8. The number of furan rings is 1. The van der Waals surface area contributed by atoms with E-state index in [1.807, 2.05) is 0 Å². The fourth-order valence-electron chi connectivity index (χ4n) is 2.24. The molecule has 0 unspecified atom stereocenters. The first kappa shape index (κ1) is 17.0. The van der Waals surface area contributed by atoms with Gasteiger partial charge in [-0.05, 0) is 24.3 Å². The zero-order valence-corrected chi connectivity index (χ0v) is 12.9. The molecule has 0 fully saturated rings. The summed E-state index contributed by atoms with van der Waals surface area (Å²) in [6.07, 6.45) is -3.20. The molecule has 0 aliphatic carbocycles. The van der Waals surface area contributed by atoms with Crippen LogP contribution in [0.4, 0.5) is 13.2 Å². The summed E-state index contributed by atoms with van der Waals surface area (Å²) in [6.45, 7) is -2.15. The fraction of sp³-hybridized carbons (Fsp3) is 0.312. The Morgan fingerprint density at radius 2 is 2.00 bits per heavy atom. The molecule has 134 valence electrons. The monoisotopic (exact) mass is 357 g/mol. The summed E-state index contributed by atoms with van der Waals surface area (Å²) in [5.74, 6) is 0.720. The molecule has 0 saturated heterocycles. The lowest BCUT2D eigenvalue weighted by Gasteiger charge is -2.23. The molecule has 1 aromatic carbocycles. The van der Waals surface area contributed by atoms with Crippen LogP contribution in [0.1, 0.15) is 5.76 Å². The minimum Gasteiger partial charge on any atom is -0.484 e. The molecular weight excluding hydrogens is 343 g/mol. The maximum absolute atomic E-state index is 12.7. The second-order valence-corrected chi connectivity index (χ2v) is 5.25. The second kappa shape index (κ2) is 6.96. The highest BCUT2D eigenvalue weighted by molar-refractivity contribution is 5.77. The molecule has 0 N–H and O–H groups in total. The van der Waals surface area contributed by atoms with Gasteiger partial charge in [0.05, 0.1) is 12.8 Å². The zero-order valence-electron chi connectivity index (χ0n) is 12.9. The fourth-order valence-corrected chi connectivity index (χ4v) is 2.24. The van der Waals surface area contributed by atoms with Gasteiger partial charge in [0.2, 0.25) is 6.79 Å². The summed E-state index contributed by atoms with van der Waals surface area (Å²) >= 11 is 0. The van der Waals surface area contributed by atoms with Crippen LogP contribution in [0.15, 0.2) is 41.0 Å². The van der Waals surface area contributed by atoms with Crippen molar-refractivity contribution in [1.82, 2.24) is 4.90 Å². The van der Waals surface area contributed by atoms with Gasteiger partial charge in [-0.1, -0.05) is 0 Å². The number of hydrogen-bond acceptors (Lipinski definition) is 5. The van der Waals surface area contributed by atoms with E-state index in [-0.39, 0.29) is 19.1 Å². The van der Waals surface area contributed by atoms with Gasteiger partial charge in [-0.25, -0.2) is 0 Å². The lowest BCUT2D eigenvalue weighted by molar-refractivity contribution is -0.164. The highest BCUT2D eigenvalue weighted by Crippen LogP contribution is 2.35. The summed E-state index contributed by atoms with van der Waals surface area (Å²) in [7, 11) is 0. The molecule has 3 rings (SSSR count). The molecule has 25 heavy (non-hydrogen) atoms. The molecule has 2 heterocycles. The summed E-state index contributed by atoms with van der Waals surface area (Å²) < 4.78 is 58.7. The van der Waals surface area contributed by atoms with E-state index >= 15 is 0 Å². The Kier molecular flexibility index (Phi) is 4.73. The Morgan fingerprint density at radius 1 is 1.20 bits per heavy atom. The van der Waals surface area contributed by atoms with Crippen molar-refractivity contribution in [2.75, 3.05) is 19.9 Å². The van der Waals surface area contributed by atoms with Crippen molar-refractivity contribution in [1.29, 1.82) is 0 Å². The van der Waals surface area contributed by atoms with E-state index < -0.39 is 25.2 Å². The third-order valence-electron chi connectivity index (χ3n) is 3.36. The van der Waals surface area contributed by atoms with Crippen LogP contribution in [0, 0.1) is 0 Å². The van der Waals surface area contributed by atoms with Gasteiger partial charge in [-0.3, -0.25) is 4.79 Å². The molecule has 1 aliphatic rings. The molecule has 1 amide bonds. The summed E-state index contributed by atoms with van der Waals surface area (Å²) in [5, 5.41) is 0. The van der Waals surface area contributed by atoms with E-state index in [2.05, 4.69) is 0 Å². The average Bonchev–Trinajstić information content (AvgIpc) is 3.21. The maximum atomic E-state index is 12.7. The first-order valence-corrected chi connectivity index (χ1v) is 7.30. The second-order valence-electron chi connectivity index (χ2n) is 5.25. The van der Waals surface area contributed by atoms with Gasteiger partial charge < -0.3 is 23.5 Å². The number of nitrogens with zero attached hydrogens (tertiary/aromatic N) is 1. The minimum absolute atomic E-state index is 0.0836. The van der Waals surface area contributed by atoms with Crippen molar-refractivity contribution >= 4 is 5.91 Å². The largest absolute Gasteiger partial charge is 0.484 e. The molecule has 2 aromatic rings. The predicted molar refractivity (Wildman–Crippen MR) is 78.2 cm³/mol. The van der Waals surface area contributed by atoms with Crippen molar-refractivity contribution in [2.24, 2.45) is 0 Å². The minimum atomic E-state index is -4.53. The maximum Gasteiger partial charge on any atom is 0.406 e. The molecule has 1 aliphatic heterocycles. The molecule has 0 atom stereocenters. The molecule has 0 saturated carbocycles. The Hall–Kier alpha value is -2.84. The Labute approximate surface area is 140 Å². The number of fused-ring (bicyclic) bond motifs is 1. The van der Waals surface area contributed by atoms with Crippen LogP contribution in [-0.2, 0) is 11.3 Å². The molecule has 6 nitrogen and oxygen atoms in total. The molecule has 0 spiro atoms. The quantitative estimate of drug-likeness (QED) is 0.795. The van der Waals surface area contributed by atoms with Crippen LogP contribution in [0.25, 0.3) is 0 Å². The third-order valence-corrected chi connectivity index (χ3v) is 3.36. The number of ether oxygens (including phenoxy) is 3. The van der Waals surface area contributed by atoms with E-state index in [9.17, 15) is 18.0 Å². The lowest BCUT2D eigenvalue weighted by Crippen LogP contribution is -2.40. The Balaban J connectivity index is 1.63. The highest BCUT2D eigenvalue weighted by atomic mass is 19.4. The number of rotatable bonds is 6. The van der Waals surface area contributed by atoms with Crippen LogP contribution in [-0.4, -0.2) is 36.9 Å². The van der Waals surface area contributed by atoms with Crippen LogP contribution in [0.3, 0.4) is 0 Å². The van der Waals surface area contributed by atoms with E-state index in [4.69, 9.17) is 18.6 Å². The van der Waals surface area contributed by atoms with Crippen LogP contribution < -0.4 is 14.2 Å². The van der Waals surface area contributed by atoms with E-state index in [0.29, 0.717) is 22.1 Å². The molecule has 9 heteroatoms. The number of alkyl halides is 3. The average molecular weight is 357 g/mol. The Bertz CT molecular complexity index is 730. The van der Waals surface area contributed by atoms with Crippen LogP contribution in [0.5, 0.6) is 17.2 Å². The van der Waals surface area contributed by atoms with Gasteiger partial charge >= 0.3 is 6.18 Å². The van der Waals surface area contributed by atoms with E-state index in [0.717, 1.165) is 0 Å². The van der Waals surface area contributed by atoms with Gasteiger partial charge in [0.1, 0.15) is 18.1 Å². The summed E-state index contributed by atoms with van der Waals surface area (Å²) in [5.41, 5.74) is 0. The predicted octanol–water partition coefficient (Wildman–Crippen LogP) is 2.98. The molecule has 0 radical (unpaired) electrons. The van der Waals surface area contributed by atoms with Gasteiger partial charge in [0.15, 0.2) is 18.1 Å². The smallest absolute Gasteiger partial charge is 0.406 e. The lowest BCUT2D eigenvalue weighted by atomic mass is 10.3. The third kappa shape index (κ3) is 4.59. The SMILES string of the molecule is O=C(COc1ccc2c(c1)OCO2)N(Cc1ccco1)CC(F)(F)F. The zero-order chi connectivity index (χ0) is 17.9. The topological polar surface area (TPSA) is 61.1 Å². The van der Waals surface area contributed by atoms with E-state index in [1.54, 1.807) is 12.1 Å². The van der Waals surface area contributed by atoms with E-state index in [1.165, 1.54) is 24.5 Å². The van der Waals surface area contributed by atoms with Gasteiger partial charge in [0.25, 0.3) is 5.91 Å². The van der Waals surface area contributed by atoms with Gasteiger partial charge in [-0.2, -0.15) is 13.2 Å². The van der Waals surface area contributed by atoms with Crippen molar-refractivity contribution < 1.29 is 36.6 Å². The van der Waals surface area contributed by atoms with Crippen LogP contribution in [0.2, 0.25) is 0 Å². The number of halogens is 3. The molecular formula is C16H14F3NO5. The van der Waals surface area contributed by atoms with Crippen molar-refractivity contribution in [3.8, 4) is 17.2 Å². The van der Waals surface area contributed by atoms with Crippen molar-refractivity contribution in [3.63, 3.8) is 0 Å². The van der Waals surface area contributed by atoms with Gasteiger partial charge in [0, 0.05) is 6.07 Å². The Morgan fingerprint density at radius 3 is 2.72 bits per heavy atom. The van der Waals surface area contributed by atoms with Crippen molar-refractivity contribution in [3.05, 3.63) is 42.4 Å².